The number of alkyl halides is 3. The molecule has 0 aromatic rings. The summed E-state index contributed by atoms with van der Waals surface area (Å²) in [5.41, 5.74) is -0.472. The summed E-state index contributed by atoms with van der Waals surface area (Å²) >= 11 is 0. The summed E-state index contributed by atoms with van der Waals surface area (Å²) in [6.45, 7) is 4.79. The number of halogens is 3. The molecule has 0 aliphatic carbocycles. The van der Waals surface area contributed by atoms with Gasteiger partial charge in [0.2, 0.25) is 5.91 Å². The van der Waals surface area contributed by atoms with E-state index in [0.717, 1.165) is 4.90 Å². The van der Waals surface area contributed by atoms with Gasteiger partial charge in [-0.15, -0.1) is 0 Å². The molecule has 16 heavy (non-hydrogen) atoms. The highest BCUT2D eigenvalue weighted by Crippen LogP contribution is 2.19. The summed E-state index contributed by atoms with van der Waals surface area (Å²) in [6, 6.07) is 0. The molecular formula is C10H18F3NO2. The first-order valence-electron chi connectivity index (χ1n) is 4.96. The maximum absolute atomic E-state index is 11.9. The van der Waals surface area contributed by atoms with Crippen LogP contribution in [0.15, 0.2) is 0 Å². The zero-order valence-electron chi connectivity index (χ0n) is 10.0. The Morgan fingerprint density at radius 1 is 1.25 bits per heavy atom. The van der Waals surface area contributed by atoms with Gasteiger partial charge in [0.25, 0.3) is 0 Å². The fourth-order valence-electron chi connectivity index (χ4n) is 0.808. The highest BCUT2D eigenvalue weighted by atomic mass is 19.4. The lowest BCUT2D eigenvalue weighted by Crippen LogP contribution is -2.35. The smallest absolute Gasteiger partial charge is 0.366 e. The first-order valence-corrected chi connectivity index (χ1v) is 4.96. The normalized spacial score (nSPS) is 12.7. The van der Waals surface area contributed by atoms with E-state index in [1.54, 1.807) is 20.8 Å². The molecule has 0 saturated heterocycles. The van der Waals surface area contributed by atoms with Crippen LogP contribution in [0.2, 0.25) is 0 Å². The Balaban J connectivity index is 3.92. The maximum atomic E-state index is 11.9. The topological polar surface area (TPSA) is 29.5 Å². The average Bonchev–Trinajstić information content (AvgIpc) is 2.07. The molecule has 0 aromatic heterocycles. The summed E-state index contributed by atoms with van der Waals surface area (Å²) in [6.07, 6.45) is -5.23. The van der Waals surface area contributed by atoms with Crippen molar-refractivity contribution in [3.05, 3.63) is 0 Å². The number of hydrogen-bond acceptors (Lipinski definition) is 2. The monoisotopic (exact) mass is 241 g/mol. The lowest BCUT2D eigenvalue weighted by molar-refractivity contribution is -0.149. The second-order valence-corrected chi connectivity index (χ2v) is 4.58. The van der Waals surface area contributed by atoms with E-state index in [1.807, 2.05) is 0 Å². The number of carbonyl (C=O) groups is 1. The van der Waals surface area contributed by atoms with Crippen LogP contribution in [0.4, 0.5) is 13.2 Å². The van der Waals surface area contributed by atoms with Crippen LogP contribution in [-0.2, 0) is 9.53 Å². The van der Waals surface area contributed by atoms with Crippen LogP contribution < -0.4 is 0 Å². The molecule has 1 amide bonds. The Kier molecular flexibility index (Phi) is 5.25. The summed E-state index contributed by atoms with van der Waals surface area (Å²) in [5, 5.41) is 0. The first-order chi connectivity index (χ1) is 7.01. The van der Waals surface area contributed by atoms with Gasteiger partial charge in [-0.2, -0.15) is 13.2 Å². The van der Waals surface area contributed by atoms with Crippen molar-refractivity contribution < 1.29 is 22.7 Å². The van der Waals surface area contributed by atoms with Crippen LogP contribution in [0, 0.1) is 0 Å². The van der Waals surface area contributed by atoms with Gasteiger partial charge in [0.15, 0.2) is 0 Å². The van der Waals surface area contributed by atoms with Gasteiger partial charge in [0, 0.05) is 13.6 Å². The van der Waals surface area contributed by atoms with Crippen LogP contribution in [0.25, 0.3) is 0 Å². The predicted octanol–water partition coefficient (Wildman–Crippen LogP) is 2.21. The Labute approximate surface area is 93.6 Å². The van der Waals surface area contributed by atoms with E-state index < -0.39 is 24.1 Å². The van der Waals surface area contributed by atoms with Gasteiger partial charge in [0.1, 0.15) is 6.61 Å². The Hall–Kier alpha value is -0.780. The van der Waals surface area contributed by atoms with E-state index in [9.17, 15) is 18.0 Å². The lowest BCUT2D eigenvalue weighted by Gasteiger charge is -2.22. The minimum atomic E-state index is -4.24. The van der Waals surface area contributed by atoms with Gasteiger partial charge in [0.05, 0.1) is 12.0 Å². The molecule has 0 heterocycles. The molecule has 0 aromatic carbocycles. The van der Waals surface area contributed by atoms with Gasteiger partial charge in [-0.05, 0) is 20.8 Å². The SMILES string of the molecule is CN(CCC(F)(F)F)C(=O)COC(C)(C)C. The van der Waals surface area contributed by atoms with E-state index >= 15 is 0 Å². The second kappa shape index (κ2) is 5.52. The number of likely N-dealkylation sites (N-methyl/N-ethyl adjacent to an activating group) is 1. The van der Waals surface area contributed by atoms with E-state index in [1.165, 1.54) is 7.05 Å². The third-order valence-electron chi connectivity index (χ3n) is 1.79. The number of carbonyl (C=O) groups excluding carboxylic acids is 1. The van der Waals surface area contributed by atoms with Gasteiger partial charge < -0.3 is 9.64 Å². The molecule has 0 saturated carbocycles. The molecule has 0 unspecified atom stereocenters. The van der Waals surface area contributed by atoms with Crippen molar-refractivity contribution in [1.82, 2.24) is 4.90 Å². The zero-order chi connectivity index (χ0) is 13.0. The second-order valence-electron chi connectivity index (χ2n) is 4.58. The van der Waals surface area contributed by atoms with Crippen LogP contribution >= 0.6 is 0 Å². The predicted molar refractivity (Wildman–Crippen MR) is 54.0 cm³/mol. The van der Waals surface area contributed by atoms with Gasteiger partial charge in [-0.3, -0.25) is 4.79 Å². The van der Waals surface area contributed by atoms with E-state index in [4.69, 9.17) is 4.74 Å². The summed E-state index contributed by atoms with van der Waals surface area (Å²) in [4.78, 5) is 12.4. The number of ether oxygens (including phenoxy) is 1. The minimum absolute atomic E-state index is 0.197. The van der Waals surface area contributed by atoms with Crippen molar-refractivity contribution in [1.29, 1.82) is 0 Å². The van der Waals surface area contributed by atoms with Crippen LogP contribution in [0.3, 0.4) is 0 Å². The molecule has 3 nitrogen and oxygen atoms in total. The number of rotatable bonds is 4. The quantitative estimate of drug-likeness (QED) is 0.755. The van der Waals surface area contributed by atoms with Gasteiger partial charge in [-0.1, -0.05) is 0 Å². The van der Waals surface area contributed by atoms with Gasteiger partial charge >= 0.3 is 6.18 Å². The molecule has 0 fully saturated rings. The first kappa shape index (κ1) is 15.2. The Morgan fingerprint density at radius 2 is 1.75 bits per heavy atom. The minimum Gasteiger partial charge on any atom is -0.366 e. The molecule has 0 spiro atoms. The fourth-order valence-corrected chi connectivity index (χ4v) is 0.808. The molecule has 0 radical (unpaired) electrons. The zero-order valence-corrected chi connectivity index (χ0v) is 10.0. The molecule has 0 N–H and O–H groups in total. The maximum Gasteiger partial charge on any atom is 0.390 e. The molecule has 0 rings (SSSR count). The number of amides is 1. The van der Waals surface area contributed by atoms with Crippen molar-refractivity contribution in [2.24, 2.45) is 0 Å². The number of hydrogen-bond donors (Lipinski definition) is 0. The molecule has 0 aliphatic heterocycles. The fraction of sp³-hybridized carbons (Fsp3) is 0.900. The molecule has 6 heteroatoms. The van der Waals surface area contributed by atoms with Crippen molar-refractivity contribution in [3.63, 3.8) is 0 Å². The third kappa shape index (κ3) is 8.52. The third-order valence-corrected chi connectivity index (χ3v) is 1.79. The Morgan fingerprint density at radius 3 is 2.12 bits per heavy atom. The molecule has 96 valence electrons. The van der Waals surface area contributed by atoms with Crippen molar-refractivity contribution >= 4 is 5.91 Å². The largest absolute Gasteiger partial charge is 0.390 e. The Bertz CT molecular complexity index is 233. The van der Waals surface area contributed by atoms with Gasteiger partial charge in [-0.25, -0.2) is 0 Å². The standard InChI is InChI=1S/C10H18F3NO2/c1-9(2,3)16-7-8(15)14(4)6-5-10(11,12)13/h5-7H2,1-4H3. The highest BCUT2D eigenvalue weighted by molar-refractivity contribution is 5.77. The van der Waals surface area contributed by atoms with E-state index in [-0.39, 0.29) is 13.2 Å². The molecule has 0 bridgehead atoms. The van der Waals surface area contributed by atoms with Crippen molar-refractivity contribution in [2.45, 2.75) is 39.0 Å². The van der Waals surface area contributed by atoms with Crippen molar-refractivity contribution in [3.8, 4) is 0 Å². The molecule has 0 atom stereocenters. The van der Waals surface area contributed by atoms with Crippen LogP contribution in [0.1, 0.15) is 27.2 Å². The average molecular weight is 241 g/mol. The number of nitrogens with zero attached hydrogens (tertiary/aromatic N) is 1. The molecule has 0 aliphatic rings. The lowest BCUT2D eigenvalue weighted by atomic mass is 10.2. The van der Waals surface area contributed by atoms with Crippen LogP contribution in [-0.4, -0.2) is 42.8 Å². The van der Waals surface area contributed by atoms with E-state index in [0.29, 0.717) is 0 Å². The van der Waals surface area contributed by atoms with Crippen LogP contribution in [0.5, 0.6) is 0 Å². The highest BCUT2D eigenvalue weighted by Gasteiger charge is 2.28. The van der Waals surface area contributed by atoms with Crippen molar-refractivity contribution in [2.75, 3.05) is 20.2 Å². The summed E-state index contributed by atoms with van der Waals surface area (Å²) < 4.78 is 40.8. The summed E-state index contributed by atoms with van der Waals surface area (Å²) in [5.74, 6) is -0.445. The summed E-state index contributed by atoms with van der Waals surface area (Å²) in [7, 11) is 1.33. The van der Waals surface area contributed by atoms with E-state index in [2.05, 4.69) is 0 Å². The molecular weight excluding hydrogens is 223 g/mol.